The fraction of sp³-hybridized carbons (Fsp3) is 0.375. The molecule has 1 unspecified atom stereocenters. The number of aryl methyl sites for hydroxylation is 1. The van der Waals surface area contributed by atoms with Crippen LogP contribution in [0, 0.1) is 6.92 Å². The van der Waals surface area contributed by atoms with Gasteiger partial charge < -0.3 is 9.47 Å². The van der Waals surface area contributed by atoms with Gasteiger partial charge in [0.25, 0.3) is 0 Å². The number of methoxy groups -OCH3 is 2. The van der Waals surface area contributed by atoms with Crippen LogP contribution >= 0.6 is 0 Å². The normalized spacial score (nSPS) is 17.5. The van der Waals surface area contributed by atoms with Crippen LogP contribution in [-0.4, -0.2) is 30.2 Å². The molecular weight excluding hydrogens is 268 g/mol. The van der Waals surface area contributed by atoms with Crippen LogP contribution in [0.25, 0.3) is 0 Å². The number of aromatic amines is 1. The quantitative estimate of drug-likeness (QED) is 0.942. The molecule has 1 aromatic carbocycles. The summed E-state index contributed by atoms with van der Waals surface area (Å²) in [6.07, 6.45) is 1.23. The topological polar surface area (TPSA) is 64.2 Å². The van der Waals surface area contributed by atoms with Gasteiger partial charge in [0.2, 0.25) is 0 Å². The molecule has 1 aromatic heterocycles. The number of hydrogen-bond acceptors (Lipinski definition) is 4. The van der Waals surface area contributed by atoms with Crippen molar-refractivity contribution in [3.05, 3.63) is 40.7 Å². The van der Waals surface area contributed by atoms with Gasteiger partial charge in [-0.05, 0) is 25.0 Å². The number of nitrogens with zero attached hydrogens (tertiary/aromatic N) is 1. The molecule has 1 N–H and O–H groups in total. The lowest BCUT2D eigenvalue weighted by molar-refractivity contribution is 0.0963. The Morgan fingerprint density at radius 2 is 2.05 bits per heavy atom. The number of rotatable bonds is 3. The number of H-pyrrole nitrogens is 1. The van der Waals surface area contributed by atoms with E-state index in [1.165, 1.54) is 0 Å². The van der Waals surface area contributed by atoms with Crippen LogP contribution in [0.5, 0.6) is 11.5 Å². The second-order valence-electron chi connectivity index (χ2n) is 5.31. The van der Waals surface area contributed by atoms with Crippen molar-refractivity contribution in [1.29, 1.82) is 0 Å². The Hall–Kier alpha value is -2.30. The van der Waals surface area contributed by atoms with Gasteiger partial charge in [0.1, 0.15) is 11.5 Å². The van der Waals surface area contributed by atoms with Gasteiger partial charge in [-0.1, -0.05) is 6.07 Å². The number of hydrogen-bond donors (Lipinski definition) is 1. The fourth-order valence-electron chi connectivity index (χ4n) is 3.00. The van der Waals surface area contributed by atoms with Crippen molar-refractivity contribution in [2.75, 3.05) is 14.2 Å². The van der Waals surface area contributed by atoms with Crippen molar-refractivity contribution in [3.8, 4) is 11.5 Å². The molecule has 1 aliphatic carbocycles. The average molecular weight is 286 g/mol. The molecule has 5 heteroatoms. The van der Waals surface area contributed by atoms with E-state index in [1.807, 2.05) is 25.1 Å². The van der Waals surface area contributed by atoms with Crippen LogP contribution in [0.15, 0.2) is 18.2 Å². The predicted octanol–water partition coefficient (Wildman–Crippen LogP) is 2.65. The highest BCUT2D eigenvalue weighted by Crippen LogP contribution is 2.38. The van der Waals surface area contributed by atoms with E-state index >= 15 is 0 Å². The number of carbonyl (C=O) groups is 1. The van der Waals surface area contributed by atoms with Crippen molar-refractivity contribution in [3.63, 3.8) is 0 Å². The molecule has 0 spiro atoms. The molecule has 5 nitrogen and oxygen atoms in total. The summed E-state index contributed by atoms with van der Waals surface area (Å²) in [5, 5.41) is 7.17. The average Bonchev–Trinajstić information content (AvgIpc) is 2.88. The molecule has 0 saturated carbocycles. The number of aromatic nitrogens is 2. The van der Waals surface area contributed by atoms with E-state index in [9.17, 15) is 4.79 Å². The first-order valence-corrected chi connectivity index (χ1v) is 6.93. The maximum Gasteiger partial charge on any atom is 0.167 e. The highest BCUT2D eigenvalue weighted by atomic mass is 16.5. The Morgan fingerprint density at radius 3 is 2.76 bits per heavy atom. The van der Waals surface area contributed by atoms with Crippen molar-refractivity contribution in [2.24, 2.45) is 0 Å². The SMILES string of the molecule is COc1ccc(C2CC(=O)c3c(n[nH]c3C)C2)c(OC)c1. The molecule has 2 aromatic rings. The second kappa shape index (κ2) is 5.24. The maximum atomic E-state index is 12.3. The molecule has 0 radical (unpaired) electrons. The van der Waals surface area contributed by atoms with Crippen molar-refractivity contribution >= 4 is 5.78 Å². The number of benzene rings is 1. The molecule has 0 saturated heterocycles. The van der Waals surface area contributed by atoms with E-state index < -0.39 is 0 Å². The van der Waals surface area contributed by atoms with Gasteiger partial charge in [-0.15, -0.1) is 0 Å². The number of ketones is 1. The Labute approximate surface area is 123 Å². The first-order chi connectivity index (χ1) is 10.1. The summed E-state index contributed by atoms with van der Waals surface area (Å²) in [6.45, 7) is 1.89. The van der Waals surface area contributed by atoms with Gasteiger partial charge in [0.15, 0.2) is 5.78 Å². The zero-order valence-electron chi connectivity index (χ0n) is 12.4. The van der Waals surface area contributed by atoms with Crippen LogP contribution in [0.3, 0.4) is 0 Å². The van der Waals surface area contributed by atoms with E-state index in [4.69, 9.17) is 9.47 Å². The third-order valence-electron chi connectivity index (χ3n) is 4.05. The van der Waals surface area contributed by atoms with Gasteiger partial charge in [-0.3, -0.25) is 9.89 Å². The first kappa shape index (κ1) is 13.7. The summed E-state index contributed by atoms with van der Waals surface area (Å²) < 4.78 is 10.7. The summed E-state index contributed by atoms with van der Waals surface area (Å²) in [5.74, 6) is 1.73. The van der Waals surface area contributed by atoms with Crippen LogP contribution < -0.4 is 9.47 Å². The molecule has 110 valence electrons. The molecule has 3 rings (SSSR count). The number of nitrogens with one attached hydrogen (secondary N) is 1. The molecule has 0 aliphatic heterocycles. The van der Waals surface area contributed by atoms with E-state index in [0.717, 1.165) is 40.4 Å². The lowest BCUT2D eigenvalue weighted by Crippen LogP contribution is -2.19. The monoisotopic (exact) mass is 286 g/mol. The molecule has 0 bridgehead atoms. The van der Waals surface area contributed by atoms with Gasteiger partial charge in [0, 0.05) is 24.1 Å². The van der Waals surface area contributed by atoms with E-state index in [2.05, 4.69) is 10.2 Å². The van der Waals surface area contributed by atoms with Gasteiger partial charge in [0.05, 0.1) is 25.5 Å². The van der Waals surface area contributed by atoms with E-state index in [1.54, 1.807) is 14.2 Å². The number of fused-ring (bicyclic) bond motifs is 1. The minimum absolute atomic E-state index is 0.0913. The van der Waals surface area contributed by atoms with Gasteiger partial charge >= 0.3 is 0 Å². The fourth-order valence-corrected chi connectivity index (χ4v) is 3.00. The second-order valence-corrected chi connectivity index (χ2v) is 5.31. The Kier molecular flexibility index (Phi) is 3.41. The highest BCUT2D eigenvalue weighted by Gasteiger charge is 2.31. The minimum Gasteiger partial charge on any atom is -0.497 e. The molecule has 1 heterocycles. The van der Waals surface area contributed by atoms with Crippen LogP contribution in [0.1, 0.15) is 39.6 Å². The van der Waals surface area contributed by atoms with Crippen LogP contribution in [0.2, 0.25) is 0 Å². The number of ether oxygens (including phenoxy) is 2. The molecule has 0 fully saturated rings. The molecule has 1 atom stereocenters. The van der Waals surface area contributed by atoms with Gasteiger partial charge in [-0.2, -0.15) is 5.10 Å². The zero-order valence-corrected chi connectivity index (χ0v) is 12.4. The van der Waals surface area contributed by atoms with Crippen molar-refractivity contribution < 1.29 is 14.3 Å². The van der Waals surface area contributed by atoms with E-state index in [-0.39, 0.29) is 11.7 Å². The Bertz CT molecular complexity index is 691. The summed E-state index contributed by atoms with van der Waals surface area (Å²) in [5.41, 5.74) is 3.50. The maximum absolute atomic E-state index is 12.3. The lowest BCUT2D eigenvalue weighted by Gasteiger charge is -2.23. The molecular formula is C16H18N2O3. The Morgan fingerprint density at radius 1 is 1.24 bits per heavy atom. The van der Waals surface area contributed by atoms with E-state index in [0.29, 0.717) is 6.42 Å². The minimum atomic E-state index is 0.0913. The smallest absolute Gasteiger partial charge is 0.167 e. The summed E-state index contributed by atoms with van der Waals surface area (Å²) >= 11 is 0. The third kappa shape index (κ3) is 2.28. The van der Waals surface area contributed by atoms with Crippen molar-refractivity contribution in [2.45, 2.75) is 25.7 Å². The third-order valence-corrected chi connectivity index (χ3v) is 4.05. The van der Waals surface area contributed by atoms with Crippen molar-refractivity contribution in [1.82, 2.24) is 10.2 Å². The standard InChI is InChI=1S/C16H18N2O3/c1-9-16-13(18-17-9)6-10(7-14(16)19)12-5-4-11(20-2)8-15(12)21-3/h4-5,8,10H,6-7H2,1-3H3,(H,17,18). The molecule has 21 heavy (non-hydrogen) atoms. The summed E-state index contributed by atoms with van der Waals surface area (Å²) in [7, 11) is 3.25. The molecule has 1 aliphatic rings. The van der Waals surface area contributed by atoms with Gasteiger partial charge in [-0.25, -0.2) is 0 Å². The Balaban J connectivity index is 1.97. The number of carbonyl (C=O) groups excluding carboxylic acids is 1. The lowest BCUT2D eigenvalue weighted by atomic mass is 9.81. The molecule has 0 amide bonds. The summed E-state index contributed by atoms with van der Waals surface area (Å²) in [4.78, 5) is 12.3. The first-order valence-electron chi connectivity index (χ1n) is 6.93. The largest absolute Gasteiger partial charge is 0.497 e. The summed E-state index contributed by atoms with van der Waals surface area (Å²) in [6, 6.07) is 5.72. The van der Waals surface area contributed by atoms with Crippen LogP contribution in [-0.2, 0) is 6.42 Å². The van der Waals surface area contributed by atoms with Crippen LogP contribution in [0.4, 0.5) is 0 Å². The zero-order chi connectivity index (χ0) is 15.0. The number of Topliss-reactive ketones (excluding diaryl/α,β-unsaturated/α-hetero) is 1. The highest BCUT2D eigenvalue weighted by molar-refractivity contribution is 5.99. The predicted molar refractivity (Wildman–Crippen MR) is 78.3 cm³/mol.